The molecule has 0 aliphatic heterocycles. The number of hydrogen-bond donors (Lipinski definition) is 0. The van der Waals surface area contributed by atoms with Gasteiger partial charge in [-0.25, -0.2) is 0 Å². The first-order valence-electron chi connectivity index (χ1n) is 6.96. The van der Waals surface area contributed by atoms with Crippen LogP contribution >= 0.6 is 0 Å². The molecule has 0 saturated heterocycles. The molecular weight excluding hydrogens is 244 g/mol. The molecule has 1 aliphatic rings. The maximum Gasteiger partial charge on any atom is 0.0846 e. The van der Waals surface area contributed by atoms with Crippen LogP contribution in [0.5, 0.6) is 0 Å². The Balaban J connectivity index is 1.91. The zero-order valence-corrected chi connectivity index (χ0v) is 11.9. The predicted octanol–water partition coefficient (Wildman–Crippen LogP) is 4.24. The molecule has 0 bridgehead atoms. The summed E-state index contributed by atoms with van der Waals surface area (Å²) >= 11 is 0. The van der Waals surface area contributed by atoms with Gasteiger partial charge in [-0.15, -0.1) is 0 Å². The van der Waals surface area contributed by atoms with Crippen LogP contribution < -0.4 is 0 Å². The largest absolute Gasteiger partial charge is 0.283 e. The van der Waals surface area contributed by atoms with Crippen LogP contribution in [0.15, 0.2) is 59.1 Å². The SMILES string of the molecule is CC(=NCC1=CC=CC1)c1cc2ccccc2c(C)n1. The second-order valence-corrected chi connectivity index (χ2v) is 5.17. The highest BCUT2D eigenvalue weighted by Gasteiger charge is 2.05. The summed E-state index contributed by atoms with van der Waals surface area (Å²) in [5, 5.41) is 2.44. The standard InChI is InChI=1S/C18H18N2/c1-13-17-10-6-5-9-16(17)11-18(20-13)14(2)19-12-15-7-3-4-8-15/h3-7,9-11H,8,12H2,1-2H3. The molecule has 0 amide bonds. The number of nitrogens with zero attached hydrogens (tertiary/aromatic N) is 2. The second-order valence-electron chi connectivity index (χ2n) is 5.17. The molecule has 0 unspecified atom stereocenters. The molecule has 0 saturated carbocycles. The third kappa shape index (κ3) is 2.55. The molecule has 2 heteroatoms. The minimum atomic E-state index is 0.770. The molecule has 1 aliphatic carbocycles. The van der Waals surface area contributed by atoms with Gasteiger partial charge in [0, 0.05) is 11.1 Å². The van der Waals surface area contributed by atoms with Crippen molar-refractivity contribution >= 4 is 16.5 Å². The van der Waals surface area contributed by atoms with Crippen molar-refractivity contribution in [2.75, 3.05) is 6.54 Å². The van der Waals surface area contributed by atoms with Crippen LogP contribution in [0, 0.1) is 6.92 Å². The molecule has 1 aromatic heterocycles. The lowest BCUT2D eigenvalue weighted by atomic mass is 10.1. The smallest absolute Gasteiger partial charge is 0.0846 e. The van der Waals surface area contributed by atoms with Crippen molar-refractivity contribution in [3.63, 3.8) is 0 Å². The molecule has 1 heterocycles. The van der Waals surface area contributed by atoms with E-state index in [0.29, 0.717) is 0 Å². The minimum Gasteiger partial charge on any atom is -0.283 e. The van der Waals surface area contributed by atoms with Crippen molar-refractivity contribution in [2.24, 2.45) is 4.99 Å². The van der Waals surface area contributed by atoms with Crippen molar-refractivity contribution in [3.05, 3.63) is 65.5 Å². The van der Waals surface area contributed by atoms with Gasteiger partial charge in [-0.1, -0.05) is 42.5 Å². The number of benzene rings is 1. The van der Waals surface area contributed by atoms with Gasteiger partial charge in [0.05, 0.1) is 18.0 Å². The van der Waals surface area contributed by atoms with Crippen LogP contribution in [-0.4, -0.2) is 17.2 Å². The van der Waals surface area contributed by atoms with Gasteiger partial charge in [0.25, 0.3) is 0 Å². The van der Waals surface area contributed by atoms with E-state index in [1.54, 1.807) is 0 Å². The Bertz CT molecular complexity index is 736. The summed E-state index contributed by atoms with van der Waals surface area (Å²) in [6.45, 7) is 4.87. The van der Waals surface area contributed by atoms with Crippen molar-refractivity contribution in [2.45, 2.75) is 20.3 Å². The summed E-state index contributed by atoms with van der Waals surface area (Å²) < 4.78 is 0. The Morgan fingerprint density at radius 3 is 2.95 bits per heavy atom. The van der Waals surface area contributed by atoms with Gasteiger partial charge < -0.3 is 0 Å². The summed E-state index contributed by atoms with van der Waals surface area (Å²) in [7, 11) is 0. The number of hydrogen-bond acceptors (Lipinski definition) is 2. The molecule has 0 spiro atoms. The lowest BCUT2D eigenvalue weighted by Crippen LogP contribution is -2.02. The number of aromatic nitrogens is 1. The highest BCUT2D eigenvalue weighted by Crippen LogP contribution is 2.18. The molecule has 100 valence electrons. The van der Waals surface area contributed by atoms with Gasteiger partial charge in [-0.2, -0.15) is 0 Å². The minimum absolute atomic E-state index is 0.770. The molecule has 3 rings (SSSR count). The third-order valence-corrected chi connectivity index (χ3v) is 3.67. The van der Waals surface area contributed by atoms with E-state index < -0.39 is 0 Å². The zero-order chi connectivity index (χ0) is 13.9. The quantitative estimate of drug-likeness (QED) is 0.759. The Hall–Kier alpha value is -2.22. The van der Waals surface area contributed by atoms with Crippen LogP contribution in [0.3, 0.4) is 0 Å². The van der Waals surface area contributed by atoms with Crippen LogP contribution in [0.25, 0.3) is 10.8 Å². The van der Waals surface area contributed by atoms with Gasteiger partial charge in [-0.3, -0.25) is 9.98 Å². The molecule has 0 fully saturated rings. The van der Waals surface area contributed by atoms with E-state index in [9.17, 15) is 0 Å². The van der Waals surface area contributed by atoms with Gasteiger partial charge in [0.1, 0.15) is 0 Å². The summed E-state index contributed by atoms with van der Waals surface area (Å²) in [5.74, 6) is 0. The van der Waals surface area contributed by atoms with Gasteiger partial charge in [0.2, 0.25) is 0 Å². The highest BCUT2D eigenvalue weighted by atomic mass is 14.8. The monoisotopic (exact) mass is 262 g/mol. The number of aliphatic imine (C=N–C) groups is 1. The molecule has 2 nitrogen and oxygen atoms in total. The van der Waals surface area contributed by atoms with Crippen molar-refractivity contribution in [1.29, 1.82) is 0 Å². The van der Waals surface area contributed by atoms with Crippen molar-refractivity contribution in [1.82, 2.24) is 4.98 Å². The van der Waals surface area contributed by atoms with Crippen LogP contribution in [-0.2, 0) is 0 Å². The van der Waals surface area contributed by atoms with Crippen molar-refractivity contribution in [3.8, 4) is 0 Å². The van der Waals surface area contributed by atoms with E-state index in [1.165, 1.54) is 16.3 Å². The van der Waals surface area contributed by atoms with E-state index in [4.69, 9.17) is 0 Å². The first kappa shape index (κ1) is 12.8. The highest BCUT2D eigenvalue weighted by molar-refractivity contribution is 6.00. The number of rotatable bonds is 3. The van der Waals surface area contributed by atoms with Gasteiger partial charge >= 0.3 is 0 Å². The van der Waals surface area contributed by atoms with E-state index in [1.807, 2.05) is 6.92 Å². The maximum atomic E-state index is 4.68. The fraction of sp³-hybridized carbons (Fsp3) is 0.222. The molecular formula is C18H18N2. The van der Waals surface area contributed by atoms with E-state index in [-0.39, 0.29) is 0 Å². The normalized spacial score (nSPS) is 14.9. The van der Waals surface area contributed by atoms with Crippen molar-refractivity contribution < 1.29 is 0 Å². The Morgan fingerprint density at radius 1 is 1.30 bits per heavy atom. The Kier molecular flexibility index (Phi) is 3.46. The molecule has 1 aromatic carbocycles. The summed E-state index contributed by atoms with van der Waals surface area (Å²) in [6.07, 6.45) is 7.44. The van der Waals surface area contributed by atoms with Crippen LogP contribution in [0.4, 0.5) is 0 Å². The Morgan fingerprint density at radius 2 is 2.15 bits per heavy atom. The summed E-state index contributed by atoms with van der Waals surface area (Å²) in [4.78, 5) is 9.35. The molecule has 0 N–H and O–H groups in total. The number of pyridine rings is 1. The first-order chi connectivity index (χ1) is 9.74. The van der Waals surface area contributed by atoms with E-state index in [0.717, 1.165) is 30.1 Å². The Labute approximate surface area is 119 Å². The van der Waals surface area contributed by atoms with Crippen LogP contribution in [0.1, 0.15) is 24.7 Å². The molecule has 0 radical (unpaired) electrons. The molecule has 0 atom stereocenters. The van der Waals surface area contributed by atoms with E-state index >= 15 is 0 Å². The average molecular weight is 262 g/mol. The summed E-state index contributed by atoms with van der Waals surface area (Å²) in [5.41, 5.74) is 4.41. The topological polar surface area (TPSA) is 25.2 Å². The predicted molar refractivity (Wildman–Crippen MR) is 85.4 cm³/mol. The van der Waals surface area contributed by atoms with Gasteiger partial charge in [-0.05, 0) is 37.3 Å². The number of fused-ring (bicyclic) bond motifs is 1. The lowest BCUT2D eigenvalue weighted by Gasteiger charge is -2.06. The number of allylic oxidation sites excluding steroid dienone is 3. The third-order valence-electron chi connectivity index (χ3n) is 3.67. The molecule has 20 heavy (non-hydrogen) atoms. The summed E-state index contributed by atoms with van der Waals surface area (Å²) in [6, 6.07) is 10.5. The fourth-order valence-electron chi connectivity index (χ4n) is 2.47. The first-order valence-corrected chi connectivity index (χ1v) is 6.96. The zero-order valence-electron chi connectivity index (χ0n) is 11.9. The maximum absolute atomic E-state index is 4.68. The second kappa shape index (κ2) is 5.41. The lowest BCUT2D eigenvalue weighted by molar-refractivity contribution is 1.08. The van der Waals surface area contributed by atoms with Crippen LogP contribution in [0.2, 0.25) is 0 Å². The average Bonchev–Trinajstić information content (AvgIpc) is 2.98. The van der Waals surface area contributed by atoms with E-state index in [2.05, 4.69) is 65.5 Å². The van der Waals surface area contributed by atoms with Gasteiger partial charge in [0.15, 0.2) is 0 Å². The fourth-order valence-corrected chi connectivity index (χ4v) is 2.47. The number of aryl methyl sites for hydroxylation is 1. The molecule has 2 aromatic rings.